The molecule has 1 saturated carbocycles. The summed E-state index contributed by atoms with van der Waals surface area (Å²) in [6.07, 6.45) is 4.73. The number of rotatable bonds is 4. The van der Waals surface area contributed by atoms with Gasteiger partial charge >= 0.3 is 0 Å². The van der Waals surface area contributed by atoms with E-state index in [0.717, 1.165) is 57.0 Å². The standard InChI is InChI=1S/C25H28FN5O2/c1-27-24(32)18-6-8-22(28-15-18)31-11-9-30(10-12-31)19-7-5-16(13-19)21-14-17-3-2-4-20(26)23(17)25(33)29-21/h2-4,6,8,14-16,19H,5,7,9-13H2,1H3,(H,27,32)(H,29,33)/t16-,19-/m1/s1. The zero-order valence-corrected chi connectivity index (χ0v) is 18.7. The third kappa shape index (κ3) is 4.23. The predicted octanol–water partition coefficient (Wildman–Crippen LogP) is 2.88. The van der Waals surface area contributed by atoms with Crippen LogP contribution in [0.4, 0.5) is 10.2 Å². The molecule has 2 aliphatic rings. The predicted molar refractivity (Wildman–Crippen MR) is 126 cm³/mol. The third-order valence-corrected chi connectivity index (χ3v) is 7.08. The Bertz CT molecular complexity index is 1220. The van der Waals surface area contributed by atoms with Gasteiger partial charge in [-0.2, -0.15) is 0 Å². The molecule has 1 aliphatic heterocycles. The van der Waals surface area contributed by atoms with E-state index in [1.54, 1.807) is 25.4 Å². The molecule has 33 heavy (non-hydrogen) atoms. The van der Waals surface area contributed by atoms with Gasteiger partial charge in [-0.1, -0.05) is 12.1 Å². The van der Waals surface area contributed by atoms with Crippen molar-refractivity contribution in [2.45, 2.75) is 31.2 Å². The number of amides is 1. The van der Waals surface area contributed by atoms with E-state index in [1.807, 2.05) is 18.2 Å². The van der Waals surface area contributed by atoms with Crippen LogP contribution in [0.5, 0.6) is 0 Å². The second-order valence-corrected chi connectivity index (χ2v) is 8.93. The average Bonchev–Trinajstić information content (AvgIpc) is 3.34. The minimum atomic E-state index is -0.472. The van der Waals surface area contributed by atoms with E-state index in [1.165, 1.54) is 6.07 Å². The first kappa shape index (κ1) is 21.6. The highest BCUT2D eigenvalue weighted by Gasteiger charge is 2.32. The van der Waals surface area contributed by atoms with E-state index in [4.69, 9.17) is 0 Å². The van der Waals surface area contributed by atoms with E-state index in [-0.39, 0.29) is 22.8 Å². The molecule has 0 radical (unpaired) electrons. The number of carbonyl (C=O) groups excluding carboxylic acids is 1. The van der Waals surface area contributed by atoms with Gasteiger partial charge in [-0.15, -0.1) is 0 Å². The Balaban J connectivity index is 1.21. The van der Waals surface area contributed by atoms with Crippen molar-refractivity contribution in [1.82, 2.24) is 20.2 Å². The molecular weight excluding hydrogens is 421 g/mol. The van der Waals surface area contributed by atoms with Crippen molar-refractivity contribution in [2.75, 3.05) is 38.1 Å². The van der Waals surface area contributed by atoms with Crippen LogP contribution in [0.1, 0.15) is 41.2 Å². The van der Waals surface area contributed by atoms with E-state index < -0.39 is 5.82 Å². The van der Waals surface area contributed by atoms with Crippen LogP contribution in [0.2, 0.25) is 0 Å². The number of H-pyrrole nitrogens is 1. The van der Waals surface area contributed by atoms with Crippen molar-refractivity contribution in [3.63, 3.8) is 0 Å². The first-order chi connectivity index (χ1) is 16.0. The van der Waals surface area contributed by atoms with Crippen LogP contribution >= 0.6 is 0 Å². The van der Waals surface area contributed by atoms with E-state index in [9.17, 15) is 14.0 Å². The quantitative estimate of drug-likeness (QED) is 0.640. The summed E-state index contributed by atoms with van der Waals surface area (Å²) < 4.78 is 14.0. The zero-order chi connectivity index (χ0) is 22.9. The number of nitrogens with one attached hydrogen (secondary N) is 2. The number of hydrogen-bond acceptors (Lipinski definition) is 5. The fourth-order valence-corrected chi connectivity index (χ4v) is 5.26. The maximum absolute atomic E-state index is 14.0. The molecule has 1 aromatic carbocycles. The molecule has 7 nitrogen and oxygen atoms in total. The summed E-state index contributed by atoms with van der Waals surface area (Å²) in [6.45, 7) is 3.69. The minimum Gasteiger partial charge on any atom is -0.355 e. The maximum atomic E-state index is 14.0. The molecule has 1 amide bonds. The fraction of sp³-hybridized carbons (Fsp3) is 0.400. The van der Waals surface area contributed by atoms with Crippen LogP contribution in [0.3, 0.4) is 0 Å². The molecule has 1 saturated heterocycles. The summed E-state index contributed by atoms with van der Waals surface area (Å²) in [5, 5.41) is 3.42. The van der Waals surface area contributed by atoms with Crippen molar-refractivity contribution in [3.8, 4) is 0 Å². The number of anilines is 1. The zero-order valence-electron chi connectivity index (χ0n) is 18.7. The highest BCUT2D eigenvalue weighted by molar-refractivity contribution is 5.93. The lowest BCUT2D eigenvalue weighted by molar-refractivity contribution is 0.0962. The fourth-order valence-electron chi connectivity index (χ4n) is 5.26. The summed E-state index contributed by atoms with van der Waals surface area (Å²) in [6, 6.07) is 10.9. The Labute approximate surface area is 191 Å². The molecule has 2 fully saturated rings. The lowest BCUT2D eigenvalue weighted by atomic mass is 10.00. The number of aromatic amines is 1. The van der Waals surface area contributed by atoms with E-state index >= 15 is 0 Å². The van der Waals surface area contributed by atoms with E-state index in [0.29, 0.717) is 17.0 Å². The molecular formula is C25H28FN5O2. The Morgan fingerprint density at radius 3 is 2.70 bits per heavy atom. The van der Waals surface area contributed by atoms with Crippen molar-refractivity contribution in [2.24, 2.45) is 0 Å². The first-order valence-electron chi connectivity index (χ1n) is 11.5. The number of piperazine rings is 1. The smallest absolute Gasteiger partial charge is 0.259 e. The number of benzene rings is 1. The Hall–Kier alpha value is -3.26. The lowest BCUT2D eigenvalue weighted by Gasteiger charge is -2.38. The van der Waals surface area contributed by atoms with Gasteiger partial charge in [-0.3, -0.25) is 14.5 Å². The van der Waals surface area contributed by atoms with Gasteiger partial charge in [-0.05, 0) is 48.9 Å². The van der Waals surface area contributed by atoms with Crippen molar-refractivity contribution in [1.29, 1.82) is 0 Å². The van der Waals surface area contributed by atoms with Gasteiger partial charge < -0.3 is 15.2 Å². The van der Waals surface area contributed by atoms with Crippen LogP contribution in [0.15, 0.2) is 47.4 Å². The summed E-state index contributed by atoms with van der Waals surface area (Å²) in [5.74, 6) is 0.577. The van der Waals surface area contributed by atoms with Gasteiger partial charge in [0, 0.05) is 57.1 Å². The summed E-state index contributed by atoms with van der Waals surface area (Å²) >= 11 is 0. The Morgan fingerprint density at radius 1 is 1.15 bits per heavy atom. The molecule has 172 valence electrons. The maximum Gasteiger partial charge on any atom is 0.259 e. The third-order valence-electron chi connectivity index (χ3n) is 7.08. The Kier molecular flexibility index (Phi) is 5.85. The molecule has 2 aromatic heterocycles. The van der Waals surface area contributed by atoms with Crippen molar-refractivity contribution < 1.29 is 9.18 Å². The van der Waals surface area contributed by atoms with Gasteiger partial charge in [0.2, 0.25) is 0 Å². The van der Waals surface area contributed by atoms with Gasteiger partial charge in [0.1, 0.15) is 11.6 Å². The van der Waals surface area contributed by atoms with Gasteiger partial charge in [0.25, 0.3) is 11.5 Å². The van der Waals surface area contributed by atoms with Crippen LogP contribution in [0.25, 0.3) is 10.8 Å². The molecule has 0 bridgehead atoms. The lowest BCUT2D eigenvalue weighted by Crippen LogP contribution is -2.50. The Morgan fingerprint density at radius 2 is 1.97 bits per heavy atom. The molecule has 0 unspecified atom stereocenters. The van der Waals surface area contributed by atoms with Crippen LogP contribution in [0, 0.1) is 5.82 Å². The number of aromatic nitrogens is 2. The number of carbonyl (C=O) groups is 1. The van der Waals surface area contributed by atoms with Crippen molar-refractivity contribution in [3.05, 3.63) is 70.0 Å². The number of nitrogens with zero attached hydrogens (tertiary/aromatic N) is 3. The number of pyridine rings is 2. The van der Waals surface area contributed by atoms with Crippen LogP contribution in [-0.2, 0) is 0 Å². The number of hydrogen-bond donors (Lipinski definition) is 2. The second kappa shape index (κ2) is 8.94. The van der Waals surface area contributed by atoms with Gasteiger partial charge in [0.05, 0.1) is 10.9 Å². The number of fused-ring (bicyclic) bond motifs is 1. The van der Waals surface area contributed by atoms with Gasteiger partial charge in [0.15, 0.2) is 0 Å². The second-order valence-electron chi connectivity index (χ2n) is 8.93. The monoisotopic (exact) mass is 449 g/mol. The largest absolute Gasteiger partial charge is 0.355 e. The SMILES string of the molecule is CNC(=O)c1ccc(N2CCN([C@@H]3CC[C@@H](c4cc5cccc(F)c5c(=O)[nH]4)C3)CC2)nc1. The molecule has 2 N–H and O–H groups in total. The number of halogens is 1. The van der Waals surface area contributed by atoms with E-state index in [2.05, 4.69) is 25.1 Å². The highest BCUT2D eigenvalue weighted by Crippen LogP contribution is 2.37. The highest BCUT2D eigenvalue weighted by atomic mass is 19.1. The minimum absolute atomic E-state index is 0.132. The molecule has 5 rings (SSSR count). The molecule has 8 heteroatoms. The van der Waals surface area contributed by atoms with Crippen LogP contribution < -0.4 is 15.8 Å². The normalized spacial score (nSPS) is 21.5. The molecule has 2 atom stereocenters. The molecule has 3 aromatic rings. The molecule has 0 spiro atoms. The topological polar surface area (TPSA) is 81.3 Å². The summed E-state index contributed by atoms with van der Waals surface area (Å²) in [5.41, 5.74) is 1.14. The molecule has 3 heterocycles. The average molecular weight is 450 g/mol. The first-order valence-corrected chi connectivity index (χ1v) is 11.5. The summed E-state index contributed by atoms with van der Waals surface area (Å²) in [4.78, 5) is 36.4. The molecule has 1 aliphatic carbocycles. The summed E-state index contributed by atoms with van der Waals surface area (Å²) in [7, 11) is 1.61. The van der Waals surface area contributed by atoms with Crippen molar-refractivity contribution >= 4 is 22.5 Å². The van der Waals surface area contributed by atoms with Gasteiger partial charge in [-0.25, -0.2) is 9.37 Å². The van der Waals surface area contributed by atoms with Crippen LogP contribution in [-0.4, -0.2) is 60.0 Å².